The number of rotatable bonds is 4. The van der Waals surface area contributed by atoms with Crippen LogP contribution >= 0.6 is 0 Å². The van der Waals surface area contributed by atoms with E-state index in [1.54, 1.807) is 0 Å². The number of carbonyl (C=O) groups excluding carboxylic acids is 1. The zero-order valence-corrected chi connectivity index (χ0v) is 9.50. The SMILES string of the molecule is CC(C(N)=O)S(=O)(=O)Cc1ccc(F)cc1. The van der Waals surface area contributed by atoms with E-state index in [1.165, 1.54) is 31.2 Å². The Morgan fingerprint density at radius 2 is 1.88 bits per heavy atom. The number of nitrogens with two attached hydrogens (primary N) is 1. The van der Waals surface area contributed by atoms with E-state index in [0.717, 1.165) is 0 Å². The molecule has 1 amide bonds. The van der Waals surface area contributed by atoms with E-state index in [9.17, 15) is 17.6 Å². The summed E-state index contributed by atoms with van der Waals surface area (Å²) in [6.07, 6.45) is 0. The lowest BCUT2D eigenvalue weighted by molar-refractivity contribution is -0.117. The van der Waals surface area contributed by atoms with Gasteiger partial charge in [0.05, 0.1) is 5.75 Å². The van der Waals surface area contributed by atoms with E-state index in [1.807, 2.05) is 0 Å². The molecule has 1 aromatic carbocycles. The molecule has 2 N–H and O–H groups in total. The van der Waals surface area contributed by atoms with Gasteiger partial charge in [-0.05, 0) is 24.6 Å². The van der Waals surface area contributed by atoms with Crippen molar-refractivity contribution in [2.75, 3.05) is 0 Å². The molecule has 1 rings (SSSR count). The highest BCUT2D eigenvalue weighted by molar-refractivity contribution is 7.92. The third-order valence-corrected chi connectivity index (χ3v) is 4.27. The Kier molecular flexibility index (Phi) is 3.64. The lowest BCUT2D eigenvalue weighted by Gasteiger charge is -2.09. The summed E-state index contributed by atoms with van der Waals surface area (Å²) in [5.74, 6) is -1.65. The van der Waals surface area contributed by atoms with Crippen LogP contribution in [0.3, 0.4) is 0 Å². The van der Waals surface area contributed by atoms with Crippen LogP contribution in [-0.4, -0.2) is 19.6 Å². The molecule has 1 unspecified atom stereocenters. The third-order valence-electron chi connectivity index (χ3n) is 2.22. The maximum atomic E-state index is 12.6. The van der Waals surface area contributed by atoms with Gasteiger partial charge in [-0.15, -0.1) is 0 Å². The van der Waals surface area contributed by atoms with E-state index < -0.39 is 26.8 Å². The minimum Gasteiger partial charge on any atom is -0.369 e. The predicted octanol–water partition coefficient (Wildman–Crippen LogP) is 0.614. The molecule has 0 aliphatic heterocycles. The summed E-state index contributed by atoms with van der Waals surface area (Å²) in [7, 11) is -3.62. The second-order valence-corrected chi connectivity index (χ2v) is 5.80. The largest absolute Gasteiger partial charge is 0.369 e. The van der Waals surface area contributed by atoms with E-state index in [4.69, 9.17) is 5.73 Å². The second kappa shape index (κ2) is 4.61. The summed E-state index contributed by atoms with van der Waals surface area (Å²) in [4.78, 5) is 10.8. The van der Waals surface area contributed by atoms with E-state index >= 15 is 0 Å². The zero-order chi connectivity index (χ0) is 12.3. The predicted molar refractivity (Wildman–Crippen MR) is 57.7 cm³/mol. The van der Waals surface area contributed by atoms with Crippen LogP contribution < -0.4 is 5.73 Å². The molecule has 0 aliphatic rings. The third kappa shape index (κ3) is 3.03. The molecule has 0 aliphatic carbocycles. The molecule has 88 valence electrons. The summed E-state index contributed by atoms with van der Waals surface area (Å²) < 4.78 is 35.8. The van der Waals surface area contributed by atoms with Gasteiger partial charge in [-0.2, -0.15) is 0 Å². The average Bonchev–Trinajstić information content (AvgIpc) is 2.20. The Hall–Kier alpha value is -1.43. The number of carbonyl (C=O) groups is 1. The smallest absolute Gasteiger partial charge is 0.235 e. The fourth-order valence-corrected chi connectivity index (χ4v) is 2.38. The Bertz CT molecular complexity index is 481. The van der Waals surface area contributed by atoms with Crippen LogP contribution in [0.4, 0.5) is 4.39 Å². The topological polar surface area (TPSA) is 77.2 Å². The van der Waals surface area contributed by atoms with Gasteiger partial charge in [0, 0.05) is 0 Å². The first kappa shape index (κ1) is 12.6. The highest BCUT2D eigenvalue weighted by Crippen LogP contribution is 2.11. The number of primary amides is 1. The molecule has 0 aromatic heterocycles. The molecule has 0 bridgehead atoms. The summed E-state index contributed by atoms with van der Waals surface area (Å²) in [5, 5.41) is -1.24. The van der Waals surface area contributed by atoms with Gasteiger partial charge in [0.25, 0.3) is 0 Å². The molecule has 0 heterocycles. The molecular formula is C10H12FNO3S. The lowest BCUT2D eigenvalue weighted by atomic mass is 10.2. The standard InChI is InChI=1S/C10H12FNO3S/c1-7(10(12)13)16(14,15)6-8-2-4-9(11)5-3-8/h2-5,7H,6H2,1H3,(H2,12,13). The maximum Gasteiger partial charge on any atom is 0.235 e. The first-order valence-electron chi connectivity index (χ1n) is 4.58. The number of halogens is 1. The normalized spacial score (nSPS) is 13.4. The molecule has 16 heavy (non-hydrogen) atoms. The fraction of sp³-hybridized carbons (Fsp3) is 0.300. The van der Waals surface area contributed by atoms with Crippen molar-refractivity contribution in [1.29, 1.82) is 0 Å². The van der Waals surface area contributed by atoms with Crippen LogP contribution in [0.25, 0.3) is 0 Å². The van der Waals surface area contributed by atoms with Crippen LogP contribution in [-0.2, 0) is 20.4 Å². The monoisotopic (exact) mass is 245 g/mol. The molecule has 6 heteroatoms. The van der Waals surface area contributed by atoms with Gasteiger partial charge in [-0.1, -0.05) is 12.1 Å². The summed E-state index contributed by atoms with van der Waals surface area (Å²) in [5.41, 5.74) is 5.35. The van der Waals surface area contributed by atoms with Gasteiger partial charge in [0.1, 0.15) is 11.1 Å². The second-order valence-electron chi connectivity index (χ2n) is 3.48. The van der Waals surface area contributed by atoms with Crippen LogP contribution in [0, 0.1) is 5.82 Å². The van der Waals surface area contributed by atoms with E-state index in [2.05, 4.69) is 0 Å². The minimum atomic E-state index is -3.62. The highest BCUT2D eigenvalue weighted by Gasteiger charge is 2.25. The number of amides is 1. The highest BCUT2D eigenvalue weighted by atomic mass is 32.2. The molecule has 0 radical (unpaired) electrons. The molecule has 1 atom stereocenters. The summed E-state index contributed by atoms with van der Waals surface area (Å²) >= 11 is 0. The van der Waals surface area contributed by atoms with Gasteiger partial charge in [-0.25, -0.2) is 12.8 Å². The molecule has 0 fully saturated rings. The molecule has 0 spiro atoms. The van der Waals surface area contributed by atoms with Gasteiger partial charge in [0.15, 0.2) is 9.84 Å². The van der Waals surface area contributed by atoms with Crippen molar-refractivity contribution >= 4 is 15.7 Å². The number of sulfone groups is 1. The molecule has 0 saturated carbocycles. The molecule has 4 nitrogen and oxygen atoms in total. The number of hydrogen-bond acceptors (Lipinski definition) is 3. The molecular weight excluding hydrogens is 233 g/mol. The van der Waals surface area contributed by atoms with E-state index in [0.29, 0.717) is 5.56 Å². The maximum absolute atomic E-state index is 12.6. The van der Waals surface area contributed by atoms with Gasteiger partial charge >= 0.3 is 0 Å². The van der Waals surface area contributed by atoms with Crippen molar-refractivity contribution in [3.8, 4) is 0 Å². The average molecular weight is 245 g/mol. The Balaban J connectivity index is 2.89. The van der Waals surface area contributed by atoms with Crippen molar-refractivity contribution in [2.45, 2.75) is 17.9 Å². The van der Waals surface area contributed by atoms with Crippen molar-refractivity contribution in [1.82, 2.24) is 0 Å². The minimum absolute atomic E-state index is 0.322. The lowest BCUT2D eigenvalue weighted by Crippen LogP contribution is -2.33. The van der Waals surface area contributed by atoms with Gasteiger partial charge < -0.3 is 5.73 Å². The fourth-order valence-electron chi connectivity index (χ4n) is 1.11. The Labute approximate surface area is 93.2 Å². The van der Waals surface area contributed by atoms with Crippen molar-refractivity contribution in [3.05, 3.63) is 35.6 Å². The Morgan fingerprint density at radius 3 is 2.31 bits per heavy atom. The first-order chi connectivity index (χ1) is 7.33. The van der Waals surface area contributed by atoms with Gasteiger partial charge in [0.2, 0.25) is 5.91 Å². The molecule has 0 saturated heterocycles. The van der Waals surface area contributed by atoms with Crippen LogP contribution in [0.1, 0.15) is 12.5 Å². The summed E-state index contributed by atoms with van der Waals surface area (Å²) in [6.45, 7) is 1.24. The first-order valence-corrected chi connectivity index (χ1v) is 6.30. The van der Waals surface area contributed by atoms with Crippen molar-refractivity contribution in [3.63, 3.8) is 0 Å². The zero-order valence-electron chi connectivity index (χ0n) is 8.68. The Morgan fingerprint density at radius 1 is 1.38 bits per heavy atom. The van der Waals surface area contributed by atoms with Crippen molar-refractivity contribution < 1.29 is 17.6 Å². The quantitative estimate of drug-likeness (QED) is 0.844. The van der Waals surface area contributed by atoms with Gasteiger partial charge in [-0.3, -0.25) is 4.79 Å². The van der Waals surface area contributed by atoms with Crippen LogP contribution in [0.2, 0.25) is 0 Å². The van der Waals surface area contributed by atoms with Crippen LogP contribution in [0.15, 0.2) is 24.3 Å². The van der Waals surface area contributed by atoms with Crippen LogP contribution in [0.5, 0.6) is 0 Å². The molecule has 1 aromatic rings. The summed E-state index contributed by atoms with van der Waals surface area (Å²) in [6, 6.07) is 5.06. The number of benzene rings is 1. The van der Waals surface area contributed by atoms with E-state index in [-0.39, 0.29) is 5.75 Å². The van der Waals surface area contributed by atoms with Crippen molar-refractivity contribution in [2.24, 2.45) is 5.73 Å². The number of hydrogen-bond donors (Lipinski definition) is 1.